The Morgan fingerprint density at radius 2 is 1.78 bits per heavy atom. The number of hydrogen-bond donors (Lipinski definition) is 1. The van der Waals surface area contributed by atoms with Gasteiger partial charge in [-0.25, -0.2) is 0 Å². The molecular formula is C39H53F3N4O4. The summed E-state index contributed by atoms with van der Waals surface area (Å²) in [4.78, 5) is 15.1. The smallest absolute Gasteiger partial charge is 0.395 e. The average Bonchev–Trinajstić information content (AvgIpc) is 3.44. The number of carboxylic acids is 1. The van der Waals surface area contributed by atoms with Crippen molar-refractivity contribution >= 4 is 16.9 Å². The number of aliphatic carboxylic acids is 1. The highest BCUT2D eigenvalue weighted by Gasteiger charge is 2.49. The average molecular weight is 699 g/mol. The number of carbonyl (C=O) groups is 1. The standard InChI is InChI=1S/C39H53F3N4O4/c1-35(2,39(40,41)42)27-45(18-14-38(15-19-50-36(3,4)26-38)30-7-9-32(49-5)10-8-30)24-28-6-11-33-29(20-28)23-43-46(33)31-21-37(22-31)12-16-44(17-13-37)25-34(47)48/h6-11,20,23,31H,12-19,21-22,24-27H2,1-5H3,(H,47,48)/t38-/m1/s1. The monoisotopic (exact) mass is 698 g/mol. The maximum Gasteiger partial charge on any atom is 0.395 e. The molecule has 2 aromatic carbocycles. The van der Waals surface area contributed by atoms with Gasteiger partial charge in [-0.1, -0.05) is 18.2 Å². The number of alkyl halides is 3. The van der Waals surface area contributed by atoms with Crippen LogP contribution in [0.1, 0.15) is 89.8 Å². The summed E-state index contributed by atoms with van der Waals surface area (Å²) >= 11 is 0. The number of rotatable bonds is 12. The Morgan fingerprint density at radius 3 is 2.40 bits per heavy atom. The molecule has 8 nitrogen and oxygen atoms in total. The van der Waals surface area contributed by atoms with Crippen LogP contribution in [0.2, 0.25) is 0 Å². The Morgan fingerprint density at radius 1 is 1.08 bits per heavy atom. The number of likely N-dealkylation sites (tertiary alicyclic amines) is 1. The minimum absolute atomic E-state index is 0.105. The number of ether oxygens (including phenoxy) is 2. The topological polar surface area (TPSA) is 80.1 Å². The van der Waals surface area contributed by atoms with Gasteiger partial charge in [-0.3, -0.25) is 19.3 Å². The number of carboxylic acid groups (broad SMARTS) is 1. The minimum atomic E-state index is -4.34. The van der Waals surface area contributed by atoms with Crippen molar-refractivity contribution in [3.05, 3.63) is 59.8 Å². The Hall–Kier alpha value is -3.15. The predicted molar refractivity (Wildman–Crippen MR) is 187 cm³/mol. The van der Waals surface area contributed by atoms with Gasteiger partial charge in [0.05, 0.1) is 42.4 Å². The Kier molecular flexibility index (Phi) is 10.1. The van der Waals surface area contributed by atoms with Gasteiger partial charge in [0.15, 0.2) is 0 Å². The number of methoxy groups -OCH3 is 1. The lowest BCUT2D eigenvalue weighted by molar-refractivity contribution is -0.217. The second-order valence-corrected chi connectivity index (χ2v) is 16.6. The van der Waals surface area contributed by atoms with E-state index in [0.717, 1.165) is 73.8 Å². The molecule has 1 atom stereocenters. The van der Waals surface area contributed by atoms with Gasteiger partial charge in [0.25, 0.3) is 0 Å². The summed E-state index contributed by atoms with van der Waals surface area (Å²) < 4.78 is 56.5. The van der Waals surface area contributed by atoms with Gasteiger partial charge in [0.1, 0.15) is 5.75 Å². The van der Waals surface area contributed by atoms with Gasteiger partial charge in [-0.2, -0.15) is 18.3 Å². The third-order valence-electron chi connectivity index (χ3n) is 11.9. The van der Waals surface area contributed by atoms with Crippen LogP contribution in [-0.2, 0) is 21.5 Å². The fourth-order valence-electron chi connectivity index (χ4n) is 8.91. The van der Waals surface area contributed by atoms with Crippen molar-refractivity contribution in [1.82, 2.24) is 19.6 Å². The minimum Gasteiger partial charge on any atom is -0.497 e. The van der Waals surface area contributed by atoms with E-state index in [-0.39, 0.29) is 29.5 Å². The molecule has 50 heavy (non-hydrogen) atoms. The van der Waals surface area contributed by atoms with Gasteiger partial charge < -0.3 is 14.6 Å². The van der Waals surface area contributed by atoms with E-state index in [0.29, 0.717) is 32.2 Å². The zero-order chi connectivity index (χ0) is 36.0. The van der Waals surface area contributed by atoms with Gasteiger partial charge in [0, 0.05) is 30.5 Å². The highest BCUT2D eigenvalue weighted by molar-refractivity contribution is 5.79. The lowest BCUT2D eigenvalue weighted by Gasteiger charge is -2.52. The van der Waals surface area contributed by atoms with Crippen LogP contribution in [0.25, 0.3) is 10.9 Å². The molecule has 3 heterocycles. The molecule has 1 aliphatic carbocycles. The second-order valence-electron chi connectivity index (χ2n) is 16.6. The fourth-order valence-corrected chi connectivity index (χ4v) is 8.91. The van der Waals surface area contributed by atoms with Crippen LogP contribution < -0.4 is 4.74 Å². The Bertz CT molecular complexity index is 1640. The number of aromatic nitrogens is 2. The van der Waals surface area contributed by atoms with Crippen LogP contribution in [0.3, 0.4) is 0 Å². The molecule has 1 spiro atoms. The van der Waals surface area contributed by atoms with E-state index in [1.54, 1.807) is 7.11 Å². The molecule has 1 aromatic heterocycles. The van der Waals surface area contributed by atoms with Gasteiger partial charge in [-0.05, 0) is 133 Å². The molecular weight excluding hydrogens is 645 g/mol. The molecule has 0 unspecified atom stereocenters. The molecule has 0 bridgehead atoms. The van der Waals surface area contributed by atoms with Gasteiger partial charge in [0.2, 0.25) is 0 Å². The van der Waals surface area contributed by atoms with Crippen molar-refractivity contribution in [2.75, 3.05) is 46.4 Å². The molecule has 11 heteroatoms. The van der Waals surface area contributed by atoms with Crippen LogP contribution in [0, 0.1) is 10.8 Å². The Balaban J connectivity index is 1.19. The highest BCUT2D eigenvalue weighted by Crippen LogP contribution is 2.55. The van der Waals surface area contributed by atoms with Crippen molar-refractivity contribution in [3.8, 4) is 5.75 Å². The summed E-state index contributed by atoms with van der Waals surface area (Å²) in [5.74, 6) is 0.000422. The van der Waals surface area contributed by atoms with E-state index < -0.39 is 17.6 Å². The number of fused-ring (bicyclic) bond motifs is 1. The largest absolute Gasteiger partial charge is 0.497 e. The van der Waals surface area contributed by atoms with Crippen LogP contribution in [-0.4, -0.2) is 88.9 Å². The van der Waals surface area contributed by atoms with E-state index >= 15 is 0 Å². The quantitative estimate of drug-likeness (QED) is 0.206. The highest BCUT2D eigenvalue weighted by atomic mass is 19.4. The molecule has 3 aromatic rings. The lowest BCUT2D eigenvalue weighted by Crippen LogP contribution is -2.48. The molecule has 2 aliphatic heterocycles. The predicted octanol–water partition coefficient (Wildman–Crippen LogP) is 7.85. The van der Waals surface area contributed by atoms with Crippen molar-refractivity contribution in [1.29, 1.82) is 0 Å². The van der Waals surface area contributed by atoms with Crippen molar-refractivity contribution in [3.63, 3.8) is 0 Å². The number of hydrogen-bond acceptors (Lipinski definition) is 6. The van der Waals surface area contributed by atoms with Gasteiger partial charge in [-0.15, -0.1) is 0 Å². The maximum atomic E-state index is 14.3. The zero-order valence-electron chi connectivity index (χ0n) is 30.2. The van der Waals surface area contributed by atoms with Crippen LogP contribution >= 0.6 is 0 Å². The molecule has 1 N–H and O–H groups in total. The Labute approximate surface area is 293 Å². The second kappa shape index (κ2) is 13.8. The van der Waals surface area contributed by atoms with Crippen molar-refractivity contribution < 1.29 is 32.5 Å². The third kappa shape index (κ3) is 7.84. The SMILES string of the molecule is COc1ccc([C@]2(CCN(Cc3ccc4c(cnn4C4CC5(CCN(CC(=O)O)CC5)C4)c3)CC(C)(C)C(F)(F)F)CCOC(C)(C)C2)cc1. The third-order valence-corrected chi connectivity index (χ3v) is 11.9. The van der Waals surface area contributed by atoms with Crippen LogP contribution in [0.15, 0.2) is 48.7 Å². The first kappa shape index (κ1) is 36.6. The van der Waals surface area contributed by atoms with Gasteiger partial charge >= 0.3 is 12.1 Å². The molecule has 3 aliphatic rings. The van der Waals surface area contributed by atoms with Crippen LogP contribution in [0.4, 0.5) is 13.2 Å². The first-order valence-electron chi connectivity index (χ1n) is 18.0. The molecule has 2 saturated heterocycles. The number of piperidine rings is 1. The van der Waals surface area contributed by atoms with E-state index in [1.165, 1.54) is 19.4 Å². The normalized spacial score (nSPS) is 23.0. The molecule has 6 rings (SSSR count). The summed E-state index contributed by atoms with van der Waals surface area (Å²) in [6.45, 7) is 9.92. The zero-order valence-corrected chi connectivity index (χ0v) is 30.2. The maximum absolute atomic E-state index is 14.3. The van der Waals surface area contributed by atoms with E-state index in [2.05, 4.69) is 42.8 Å². The first-order chi connectivity index (χ1) is 23.5. The van der Waals surface area contributed by atoms with E-state index in [9.17, 15) is 18.0 Å². The van der Waals surface area contributed by atoms with Crippen molar-refractivity contribution in [2.45, 2.75) is 102 Å². The lowest BCUT2D eigenvalue weighted by atomic mass is 9.60. The molecule has 0 amide bonds. The number of nitrogens with zero attached hydrogens (tertiary/aromatic N) is 4. The summed E-state index contributed by atoms with van der Waals surface area (Å²) in [6.07, 6.45) is 3.91. The van der Waals surface area contributed by atoms with Crippen LogP contribution in [0.5, 0.6) is 5.75 Å². The molecule has 3 fully saturated rings. The summed E-state index contributed by atoms with van der Waals surface area (Å²) in [5, 5.41) is 14.9. The number of halogens is 3. The molecule has 1 saturated carbocycles. The summed E-state index contributed by atoms with van der Waals surface area (Å²) in [6, 6.07) is 14.6. The number of benzene rings is 2. The first-order valence-corrected chi connectivity index (χ1v) is 18.0. The molecule has 274 valence electrons. The summed E-state index contributed by atoms with van der Waals surface area (Å²) in [7, 11) is 1.64. The molecule has 0 radical (unpaired) electrons. The fraction of sp³-hybridized carbons (Fsp3) is 0.641. The van der Waals surface area contributed by atoms with Crippen molar-refractivity contribution in [2.24, 2.45) is 10.8 Å². The summed E-state index contributed by atoms with van der Waals surface area (Å²) in [5.41, 5.74) is 0.964. The van der Waals surface area contributed by atoms with E-state index in [1.807, 2.05) is 34.2 Å². The van der Waals surface area contributed by atoms with E-state index in [4.69, 9.17) is 19.7 Å².